The summed E-state index contributed by atoms with van der Waals surface area (Å²) in [5.74, 6) is 1.49. The van der Waals surface area contributed by atoms with Crippen LogP contribution in [-0.2, 0) is 21.3 Å². The van der Waals surface area contributed by atoms with Crippen molar-refractivity contribution in [2.45, 2.75) is 18.4 Å². The van der Waals surface area contributed by atoms with E-state index in [2.05, 4.69) is 32.8 Å². The Morgan fingerprint density at radius 1 is 1.03 bits per heavy atom. The van der Waals surface area contributed by atoms with E-state index >= 15 is 0 Å². The van der Waals surface area contributed by atoms with Gasteiger partial charge in [-0.25, -0.2) is 18.4 Å². The van der Waals surface area contributed by atoms with Crippen LogP contribution in [0.25, 0.3) is 21.3 Å². The zero-order chi connectivity index (χ0) is 22.8. The number of morpholine rings is 1. The second kappa shape index (κ2) is 9.18. The zero-order valence-corrected chi connectivity index (χ0v) is 19.8. The van der Waals surface area contributed by atoms with E-state index in [0.717, 1.165) is 32.7 Å². The van der Waals surface area contributed by atoms with E-state index in [-0.39, 0.29) is 0 Å². The van der Waals surface area contributed by atoms with Crippen LogP contribution in [-0.4, -0.2) is 49.0 Å². The Morgan fingerprint density at radius 2 is 1.76 bits per heavy atom. The minimum absolute atomic E-state index is 0.303. The fourth-order valence-electron chi connectivity index (χ4n) is 3.91. The first-order valence-electron chi connectivity index (χ1n) is 10.7. The molecule has 0 bridgehead atoms. The van der Waals surface area contributed by atoms with Crippen molar-refractivity contribution in [1.82, 2.24) is 14.3 Å². The van der Waals surface area contributed by atoms with Gasteiger partial charge in [0.1, 0.15) is 16.5 Å². The van der Waals surface area contributed by atoms with E-state index in [0.29, 0.717) is 43.6 Å². The fraction of sp³-hybridized carbons (Fsp3) is 0.250. The molecule has 9 heteroatoms. The Morgan fingerprint density at radius 3 is 2.48 bits per heavy atom. The molecule has 1 fully saturated rings. The molecule has 3 heterocycles. The maximum atomic E-state index is 12.8. The summed E-state index contributed by atoms with van der Waals surface area (Å²) < 4.78 is 32.4. The van der Waals surface area contributed by atoms with Gasteiger partial charge in [-0.3, -0.25) is 0 Å². The summed E-state index contributed by atoms with van der Waals surface area (Å²) in [4.78, 5) is 10.5. The minimum atomic E-state index is -3.50. The Bertz CT molecular complexity index is 1360. The molecule has 33 heavy (non-hydrogen) atoms. The van der Waals surface area contributed by atoms with Crippen LogP contribution in [0.4, 0.5) is 5.82 Å². The van der Waals surface area contributed by atoms with Crippen LogP contribution >= 0.6 is 11.3 Å². The Balaban J connectivity index is 1.38. The van der Waals surface area contributed by atoms with Crippen LogP contribution in [0, 0.1) is 6.92 Å². The second-order valence-electron chi connectivity index (χ2n) is 7.83. The van der Waals surface area contributed by atoms with Crippen molar-refractivity contribution >= 4 is 37.4 Å². The van der Waals surface area contributed by atoms with Gasteiger partial charge in [0.25, 0.3) is 0 Å². The number of fused-ring (bicyclic) bond motifs is 1. The minimum Gasteiger partial charge on any atom is -0.379 e. The number of ether oxygens (including phenoxy) is 1. The number of hydrogen-bond donors (Lipinski definition) is 1. The van der Waals surface area contributed by atoms with Crippen molar-refractivity contribution in [2.75, 3.05) is 31.6 Å². The zero-order valence-electron chi connectivity index (χ0n) is 18.2. The van der Waals surface area contributed by atoms with Gasteiger partial charge in [-0.15, -0.1) is 11.3 Å². The van der Waals surface area contributed by atoms with E-state index < -0.39 is 10.0 Å². The van der Waals surface area contributed by atoms with Gasteiger partial charge >= 0.3 is 0 Å². The SMILES string of the molecule is Cc1nc(NCc2ccc(S(=O)(=O)N3CCOCC3)cc2)c2c(-c3ccccc3)csc2n1. The number of aromatic nitrogens is 2. The highest BCUT2D eigenvalue weighted by atomic mass is 32.2. The highest BCUT2D eigenvalue weighted by molar-refractivity contribution is 7.89. The van der Waals surface area contributed by atoms with Gasteiger partial charge in [0.05, 0.1) is 23.5 Å². The highest BCUT2D eigenvalue weighted by Gasteiger charge is 2.26. The summed E-state index contributed by atoms with van der Waals surface area (Å²) in [6, 6.07) is 17.2. The first-order chi connectivity index (χ1) is 16.0. The van der Waals surface area contributed by atoms with Crippen molar-refractivity contribution in [3.05, 3.63) is 71.4 Å². The lowest BCUT2D eigenvalue weighted by Gasteiger charge is -2.26. The summed E-state index contributed by atoms with van der Waals surface area (Å²) >= 11 is 1.61. The molecule has 5 rings (SSSR count). The molecule has 0 aliphatic carbocycles. The third-order valence-corrected chi connectivity index (χ3v) is 8.41. The molecule has 0 spiro atoms. The lowest BCUT2D eigenvalue weighted by molar-refractivity contribution is 0.0730. The number of nitrogens with zero attached hydrogens (tertiary/aromatic N) is 3. The van der Waals surface area contributed by atoms with Gasteiger partial charge < -0.3 is 10.1 Å². The number of rotatable bonds is 6. The van der Waals surface area contributed by atoms with Crippen molar-refractivity contribution in [3.63, 3.8) is 0 Å². The van der Waals surface area contributed by atoms with Gasteiger partial charge in [-0.2, -0.15) is 4.31 Å². The Hall–Kier alpha value is -2.85. The molecule has 1 aliphatic rings. The number of sulfonamides is 1. The number of nitrogens with one attached hydrogen (secondary N) is 1. The predicted molar refractivity (Wildman–Crippen MR) is 131 cm³/mol. The van der Waals surface area contributed by atoms with Gasteiger partial charge in [0.15, 0.2) is 0 Å². The smallest absolute Gasteiger partial charge is 0.243 e. The maximum absolute atomic E-state index is 12.8. The van der Waals surface area contributed by atoms with E-state index in [1.54, 1.807) is 23.5 Å². The summed E-state index contributed by atoms with van der Waals surface area (Å²) in [5.41, 5.74) is 3.19. The Labute approximate surface area is 197 Å². The molecule has 0 atom stereocenters. The molecule has 0 saturated carbocycles. The summed E-state index contributed by atoms with van der Waals surface area (Å²) in [6.07, 6.45) is 0. The molecule has 4 aromatic rings. The van der Waals surface area contributed by atoms with Gasteiger partial charge in [0, 0.05) is 30.6 Å². The van der Waals surface area contributed by atoms with E-state index in [1.807, 2.05) is 37.3 Å². The molecular formula is C24H24N4O3S2. The average Bonchev–Trinajstić information content (AvgIpc) is 3.28. The molecular weight excluding hydrogens is 456 g/mol. The third-order valence-electron chi connectivity index (χ3n) is 5.62. The molecule has 7 nitrogen and oxygen atoms in total. The number of thiophene rings is 1. The first kappa shape index (κ1) is 22.0. The number of benzene rings is 2. The molecule has 2 aromatic heterocycles. The first-order valence-corrected chi connectivity index (χ1v) is 13.1. The number of hydrogen-bond acceptors (Lipinski definition) is 7. The maximum Gasteiger partial charge on any atom is 0.243 e. The normalized spacial score (nSPS) is 15.1. The van der Waals surface area contributed by atoms with Crippen molar-refractivity contribution in [1.29, 1.82) is 0 Å². The molecule has 170 valence electrons. The second-order valence-corrected chi connectivity index (χ2v) is 10.6. The van der Waals surface area contributed by atoms with E-state index in [4.69, 9.17) is 4.74 Å². The van der Waals surface area contributed by atoms with Gasteiger partial charge in [0.2, 0.25) is 10.0 Å². The van der Waals surface area contributed by atoms with Crippen LogP contribution in [0.2, 0.25) is 0 Å². The Kier molecular flexibility index (Phi) is 6.11. The average molecular weight is 481 g/mol. The summed E-state index contributed by atoms with van der Waals surface area (Å²) in [5, 5.41) is 6.56. The third kappa shape index (κ3) is 4.49. The molecule has 1 aliphatic heterocycles. The standard InChI is InChI=1S/C24H24N4O3S2/c1-17-26-23(22-21(16-32-24(22)27-17)19-5-3-2-4-6-19)25-15-18-7-9-20(10-8-18)33(29,30)28-11-13-31-14-12-28/h2-10,16H,11-15H2,1H3,(H,25,26,27). The largest absolute Gasteiger partial charge is 0.379 e. The lowest BCUT2D eigenvalue weighted by Crippen LogP contribution is -2.40. The molecule has 0 radical (unpaired) electrons. The summed E-state index contributed by atoms with van der Waals surface area (Å²) in [6.45, 7) is 4.05. The quantitative estimate of drug-likeness (QED) is 0.443. The summed E-state index contributed by atoms with van der Waals surface area (Å²) in [7, 11) is -3.50. The lowest BCUT2D eigenvalue weighted by atomic mass is 10.1. The predicted octanol–water partition coefficient (Wildman–Crippen LogP) is 4.30. The van der Waals surface area contributed by atoms with Crippen LogP contribution < -0.4 is 5.32 Å². The molecule has 1 saturated heterocycles. The monoisotopic (exact) mass is 480 g/mol. The van der Waals surface area contributed by atoms with Gasteiger partial charge in [-0.05, 0) is 30.2 Å². The highest BCUT2D eigenvalue weighted by Crippen LogP contribution is 2.37. The van der Waals surface area contributed by atoms with E-state index in [1.165, 1.54) is 4.31 Å². The van der Waals surface area contributed by atoms with Crippen LogP contribution in [0.3, 0.4) is 0 Å². The van der Waals surface area contributed by atoms with Crippen LogP contribution in [0.15, 0.2) is 64.9 Å². The molecule has 2 aromatic carbocycles. The molecule has 0 amide bonds. The number of anilines is 1. The molecule has 0 unspecified atom stereocenters. The van der Waals surface area contributed by atoms with Crippen molar-refractivity contribution < 1.29 is 13.2 Å². The fourth-order valence-corrected chi connectivity index (χ4v) is 6.31. The van der Waals surface area contributed by atoms with Crippen LogP contribution in [0.5, 0.6) is 0 Å². The van der Waals surface area contributed by atoms with Crippen LogP contribution in [0.1, 0.15) is 11.4 Å². The topological polar surface area (TPSA) is 84.4 Å². The van der Waals surface area contributed by atoms with Crippen molar-refractivity contribution in [3.8, 4) is 11.1 Å². The van der Waals surface area contributed by atoms with Gasteiger partial charge in [-0.1, -0.05) is 42.5 Å². The van der Waals surface area contributed by atoms with Crippen molar-refractivity contribution in [2.24, 2.45) is 0 Å². The van der Waals surface area contributed by atoms with E-state index in [9.17, 15) is 8.42 Å². The number of aryl methyl sites for hydroxylation is 1. The molecule has 1 N–H and O–H groups in total.